The molecule has 3 rings (SSSR count). The van der Waals surface area contributed by atoms with Crippen LogP contribution in [0.15, 0.2) is 24.3 Å². The summed E-state index contributed by atoms with van der Waals surface area (Å²) < 4.78 is 30.7. The molecule has 0 fully saturated rings. The minimum atomic E-state index is -3.35. The molecule has 0 saturated carbocycles. The van der Waals surface area contributed by atoms with Crippen LogP contribution in [0.3, 0.4) is 0 Å². The number of sulfonamides is 1. The molecule has 0 atom stereocenters. The number of ether oxygens (including phenoxy) is 1. The Labute approximate surface area is 177 Å². The molecule has 0 N–H and O–H groups in total. The first-order chi connectivity index (χ1) is 14.2. The molecule has 0 radical (unpaired) electrons. The van der Waals surface area contributed by atoms with E-state index in [2.05, 4.69) is 9.97 Å². The lowest BCUT2D eigenvalue weighted by Gasteiger charge is -2.29. The Morgan fingerprint density at radius 3 is 2.70 bits per heavy atom. The lowest BCUT2D eigenvalue weighted by Crippen LogP contribution is -2.38. The van der Waals surface area contributed by atoms with Crippen LogP contribution in [0.4, 0.5) is 5.82 Å². The molecule has 2 heterocycles. The molecule has 8 nitrogen and oxygen atoms in total. The van der Waals surface area contributed by atoms with Crippen LogP contribution in [0.1, 0.15) is 36.0 Å². The smallest absolute Gasteiger partial charge is 0.228 e. The van der Waals surface area contributed by atoms with Gasteiger partial charge in [0, 0.05) is 31.3 Å². The maximum absolute atomic E-state index is 12.7. The predicted octanol–water partition coefficient (Wildman–Crippen LogP) is 2.10. The second-order valence-electron chi connectivity index (χ2n) is 7.33. The van der Waals surface area contributed by atoms with Crippen molar-refractivity contribution in [2.45, 2.75) is 39.7 Å². The summed E-state index contributed by atoms with van der Waals surface area (Å²) >= 11 is 0. The van der Waals surface area contributed by atoms with Crippen molar-refractivity contribution < 1.29 is 17.9 Å². The summed E-state index contributed by atoms with van der Waals surface area (Å²) in [6, 6.07) is 7.76. The molecule has 1 aliphatic heterocycles. The van der Waals surface area contributed by atoms with Gasteiger partial charge in [0.25, 0.3) is 0 Å². The summed E-state index contributed by atoms with van der Waals surface area (Å²) in [6.45, 7) is 4.04. The van der Waals surface area contributed by atoms with Crippen LogP contribution in [-0.2, 0) is 34.2 Å². The maximum Gasteiger partial charge on any atom is 0.228 e. The molecule has 1 amide bonds. The van der Waals surface area contributed by atoms with Crippen molar-refractivity contribution in [2.75, 3.05) is 31.4 Å². The summed E-state index contributed by atoms with van der Waals surface area (Å²) in [6.07, 6.45) is 1.67. The van der Waals surface area contributed by atoms with Crippen LogP contribution < -0.4 is 9.64 Å². The molecular formula is C21H28N4O4S. The largest absolute Gasteiger partial charge is 0.497 e. The molecule has 0 saturated heterocycles. The number of anilines is 1. The van der Waals surface area contributed by atoms with Crippen molar-refractivity contribution >= 4 is 21.7 Å². The van der Waals surface area contributed by atoms with Crippen molar-refractivity contribution in [1.82, 2.24) is 14.3 Å². The molecular weight excluding hydrogens is 404 g/mol. The number of benzene rings is 1. The van der Waals surface area contributed by atoms with E-state index in [4.69, 9.17) is 4.74 Å². The first kappa shape index (κ1) is 22.2. The topological polar surface area (TPSA) is 92.7 Å². The van der Waals surface area contributed by atoms with Crippen molar-refractivity contribution in [3.8, 4) is 5.75 Å². The Bertz CT molecular complexity index is 1040. The number of methoxy groups -OCH3 is 1. The van der Waals surface area contributed by atoms with Crippen LogP contribution in [0.5, 0.6) is 5.75 Å². The van der Waals surface area contributed by atoms with E-state index in [1.54, 1.807) is 18.9 Å². The average Bonchev–Trinajstić information content (AvgIpc) is 2.73. The Balaban J connectivity index is 1.86. The van der Waals surface area contributed by atoms with Gasteiger partial charge in [0.05, 0.1) is 19.4 Å². The van der Waals surface area contributed by atoms with E-state index in [1.807, 2.05) is 31.2 Å². The number of carbonyl (C=O) groups excluding carboxylic acids is 1. The molecule has 162 valence electrons. The highest BCUT2D eigenvalue weighted by atomic mass is 32.2. The lowest BCUT2D eigenvalue weighted by atomic mass is 10.0. The van der Waals surface area contributed by atoms with Crippen LogP contribution in [0.2, 0.25) is 0 Å². The van der Waals surface area contributed by atoms with Gasteiger partial charge < -0.3 is 4.74 Å². The zero-order valence-electron chi connectivity index (χ0n) is 17.9. The fraction of sp³-hybridized carbons (Fsp3) is 0.476. The van der Waals surface area contributed by atoms with Gasteiger partial charge in [0.1, 0.15) is 17.4 Å². The molecule has 0 aliphatic carbocycles. The number of amides is 1. The van der Waals surface area contributed by atoms with Gasteiger partial charge in [-0.25, -0.2) is 18.4 Å². The number of hydrogen-bond donors (Lipinski definition) is 0. The molecule has 2 aromatic rings. The molecule has 1 aliphatic rings. The Kier molecular flexibility index (Phi) is 6.72. The lowest BCUT2D eigenvalue weighted by molar-refractivity contribution is -0.118. The van der Waals surface area contributed by atoms with E-state index in [9.17, 15) is 13.2 Å². The van der Waals surface area contributed by atoms with Crippen LogP contribution in [0.25, 0.3) is 0 Å². The molecule has 0 spiro atoms. The molecule has 0 bridgehead atoms. The van der Waals surface area contributed by atoms with Crippen molar-refractivity contribution in [3.63, 3.8) is 0 Å². The molecule has 30 heavy (non-hydrogen) atoms. The third-order valence-electron chi connectivity index (χ3n) is 5.35. The van der Waals surface area contributed by atoms with Gasteiger partial charge in [-0.3, -0.25) is 9.69 Å². The van der Waals surface area contributed by atoms with Crippen molar-refractivity contribution in [1.29, 1.82) is 0 Å². The molecule has 9 heteroatoms. The second kappa shape index (κ2) is 9.09. The van der Waals surface area contributed by atoms with E-state index in [0.717, 1.165) is 22.6 Å². The van der Waals surface area contributed by atoms with E-state index >= 15 is 0 Å². The Morgan fingerprint density at radius 1 is 1.23 bits per heavy atom. The summed E-state index contributed by atoms with van der Waals surface area (Å²) in [4.78, 5) is 23.5. The van der Waals surface area contributed by atoms with Crippen molar-refractivity contribution in [2.24, 2.45) is 0 Å². The number of rotatable bonds is 8. The fourth-order valence-corrected chi connectivity index (χ4v) is 4.28. The van der Waals surface area contributed by atoms with Gasteiger partial charge in [-0.2, -0.15) is 4.31 Å². The van der Waals surface area contributed by atoms with Gasteiger partial charge in [-0.1, -0.05) is 12.1 Å². The van der Waals surface area contributed by atoms with Gasteiger partial charge in [-0.15, -0.1) is 0 Å². The third kappa shape index (κ3) is 4.79. The van der Waals surface area contributed by atoms with E-state index in [-0.39, 0.29) is 18.2 Å². The number of aromatic nitrogens is 2. The van der Waals surface area contributed by atoms with Gasteiger partial charge in [0.2, 0.25) is 15.9 Å². The molecule has 1 aromatic carbocycles. The summed E-state index contributed by atoms with van der Waals surface area (Å²) in [7, 11) is -0.205. The highest BCUT2D eigenvalue weighted by molar-refractivity contribution is 7.89. The van der Waals surface area contributed by atoms with Crippen LogP contribution >= 0.6 is 0 Å². The standard InChI is InChI=1S/C21H28N4O4S/c1-5-30(27,28)24(3)14-19-22-15(2)18-9-10-20(26)25(21(18)23-19)12-11-16-7-6-8-17(13-16)29-4/h6-8,13H,5,9-12,14H2,1-4H3. The first-order valence-corrected chi connectivity index (χ1v) is 11.6. The highest BCUT2D eigenvalue weighted by Gasteiger charge is 2.28. The second-order valence-corrected chi connectivity index (χ2v) is 9.70. The summed E-state index contributed by atoms with van der Waals surface area (Å²) in [5.74, 6) is 1.80. The minimum Gasteiger partial charge on any atom is -0.497 e. The van der Waals surface area contributed by atoms with Crippen LogP contribution in [0, 0.1) is 6.92 Å². The third-order valence-corrected chi connectivity index (χ3v) is 7.15. The van der Waals surface area contributed by atoms with Crippen molar-refractivity contribution in [3.05, 3.63) is 46.9 Å². The zero-order valence-corrected chi connectivity index (χ0v) is 18.7. The fourth-order valence-electron chi connectivity index (χ4n) is 3.53. The minimum absolute atomic E-state index is 0.0125. The number of nitrogens with zero attached hydrogens (tertiary/aromatic N) is 4. The van der Waals surface area contributed by atoms with E-state index in [1.165, 1.54) is 11.4 Å². The number of fused-ring (bicyclic) bond motifs is 1. The SMILES string of the molecule is CCS(=O)(=O)N(C)Cc1nc(C)c2c(n1)N(CCc1cccc(OC)c1)C(=O)CC2. The van der Waals surface area contributed by atoms with E-state index < -0.39 is 10.0 Å². The predicted molar refractivity (Wildman–Crippen MR) is 115 cm³/mol. The highest BCUT2D eigenvalue weighted by Crippen LogP contribution is 2.28. The van der Waals surface area contributed by atoms with Gasteiger partial charge >= 0.3 is 0 Å². The van der Waals surface area contributed by atoms with Gasteiger partial charge in [-0.05, 0) is 44.4 Å². The number of carbonyl (C=O) groups is 1. The summed E-state index contributed by atoms with van der Waals surface area (Å²) in [5, 5.41) is 0. The Morgan fingerprint density at radius 2 is 2.00 bits per heavy atom. The molecule has 1 aromatic heterocycles. The first-order valence-electron chi connectivity index (χ1n) is 9.99. The zero-order chi connectivity index (χ0) is 21.9. The monoisotopic (exact) mass is 432 g/mol. The molecule has 0 unspecified atom stereocenters. The van der Waals surface area contributed by atoms with E-state index in [0.29, 0.717) is 37.4 Å². The number of aryl methyl sites for hydroxylation is 1. The maximum atomic E-state index is 12.7. The van der Waals surface area contributed by atoms with Crippen LogP contribution in [-0.4, -0.2) is 55.1 Å². The quantitative estimate of drug-likeness (QED) is 0.634. The summed E-state index contributed by atoms with van der Waals surface area (Å²) in [5.41, 5.74) is 2.80. The van der Waals surface area contributed by atoms with Gasteiger partial charge in [0.15, 0.2) is 0 Å². The average molecular weight is 433 g/mol. The normalized spacial score (nSPS) is 14.2. The Hall–Kier alpha value is -2.52. The number of hydrogen-bond acceptors (Lipinski definition) is 6.